The molecular weight excluding hydrogens is 210 g/mol. The maximum Gasteiger partial charge on any atom is 0.289 e. The topological polar surface area (TPSA) is 18.5 Å². The van der Waals surface area contributed by atoms with E-state index in [0.29, 0.717) is 28.2 Å². The van der Waals surface area contributed by atoms with Crippen LogP contribution < -0.4 is 9.47 Å². The lowest BCUT2D eigenvalue weighted by Crippen LogP contribution is -1.90. The zero-order chi connectivity index (χ0) is 10.6. The van der Waals surface area contributed by atoms with Crippen LogP contribution >= 0.6 is 11.8 Å². The number of hydrogen-bond donors (Lipinski definition) is 0. The number of benzene rings is 1. The van der Waals surface area contributed by atoms with Gasteiger partial charge in [-0.1, -0.05) is 11.8 Å². The molecule has 0 saturated carbocycles. The Morgan fingerprint density at radius 1 is 1.21 bits per heavy atom. The summed E-state index contributed by atoms with van der Waals surface area (Å²) in [4.78, 5) is 0.406. The summed E-state index contributed by atoms with van der Waals surface area (Å²) >= 11 is 0.455. The van der Waals surface area contributed by atoms with Gasteiger partial charge >= 0.3 is 0 Å². The largest absolute Gasteiger partial charge is 0.497 e. The minimum Gasteiger partial charge on any atom is -0.497 e. The molecule has 1 aromatic rings. The highest BCUT2D eigenvalue weighted by atomic mass is 32.2. The number of alkyl halides is 2. The Morgan fingerprint density at radius 2 is 1.93 bits per heavy atom. The lowest BCUT2D eigenvalue weighted by atomic mass is 10.3. The molecule has 14 heavy (non-hydrogen) atoms. The lowest BCUT2D eigenvalue weighted by molar-refractivity contribution is 0.251. The van der Waals surface area contributed by atoms with Crippen LogP contribution in [0, 0.1) is 0 Å². The Hall–Kier alpha value is -0.970. The first kappa shape index (κ1) is 11.1. The standard InChI is InChI=1S/C9H10F2O2S/c1-12-6-3-4-8(14-9(10)11)7(5-6)13-2/h3-5,9H,1-2H3. The summed E-state index contributed by atoms with van der Waals surface area (Å²) in [6.07, 6.45) is 0. The van der Waals surface area contributed by atoms with Crippen LogP contribution in [0.3, 0.4) is 0 Å². The Kier molecular flexibility index (Phi) is 4.00. The molecule has 0 heterocycles. The van der Waals surface area contributed by atoms with Gasteiger partial charge in [0, 0.05) is 6.07 Å². The Labute approximate surface area is 85.2 Å². The predicted molar refractivity (Wildman–Crippen MR) is 51.4 cm³/mol. The van der Waals surface area contributed by atoms with Crippen LogP contribution in [0.4, 0.5) is 8.78 Å². The van der Waals surface area contributed by atoms with Gasteiger partial charge in [0.15, 0.2) is 0 Å². The molecular formula is C9H10F2O2S. The molecule has 0 radical (unpaired) electrons. The Morgan fingerprint density at radius 3 is 2.43 bits per heavy atom. The number of halogens is 2. The summed E-state index contributed by atoms with van der Waals surface area (Å²) in [5.41, 5.74) is 0. The van der Waals surface area contributed by atoms with Crippen LogP contribution in [0.1, 0.15) is 0 Å². The van der Waals surface area contributed by atoms with Gasteiger partial charge in [-0.2, -0.15) is 8.78 Å². The van der Waals surface area contributed by atoms with E-state index in [1.165, 1.54) is 14.2 Å². The van der Waals surface area contributed by atoms with E-state index in [-0.39, 0.29) is 0 Å². The van der Waals surface area contributed by atoms with E-state index in [2.05, 4.69) is 0 Å². The third-order valence-corrected chi connectivity index (χ3v) is 2.36. The molecule has 0 bridgehead atoms. The highest BCUT2D eigenvalue weighted by Gasteiger charge is 2.11. The SMILES string of the molecule is COc1ccc(SC(F)F)c(OC)c1. The fraction of sp³-hybridized carbons (Fsp3) is 0.333. The predicted octanol–water partition coefficient (Wildman–Crippen LogP) is 3.02. The van der Waals surface area contributed by atoms with Crippen molar-refractivity contribution >= 4 is 11.8 Å². The molecule has 1 aromatic carbocycles. The summed E-state index contributed by atoms with van der Waals surface area (Å²) in [5, 5.41) is 0. The van der Waals surface area contributed by atoms with Crippen molar-refractivity contribution in [2.75, 3.05) is 14.2 Å². The van der Waals surface area contributed by atoms with Crippen molar-refractivity contribution in [3.8, 4) is 11.5 Å². The maximum atomic E-state index is 12.1. The van der Waals surface area contributed by atoms with Gasteiger partial charge in [0.05, 0.1) is 19.1 Å². The first-order valence-corrected chi connectivity index (χ1v) is 4.72. The van der Waals surface area contributed by atoms with Crippen LogP contribution in [0.2, 0.25) is 0 Å². The van der Waals surface area contributed by atoms with Gasteiger partial charge < -0.3 is 9.47 Å². The van der Waals surface area contributed by atoms with Crippen molar-refractivity contribution in [3.05, 3.63) is 18.2 Å². The van der Waals surface area contributed by atoms with E-state index >= 15 is 0 Å². The first-order chi connectivity index (χ1) is 6.67. The number of ether oxygens (including phenoxy) is 2. The van der Waals surface area contributed by atoms with E-state index in [0.717, 1.165) is 0 Å². The van der Waals surface area contributed by atoms with Crippen LogP contribution in [0.5, 0.6) is 11.5 Å². The van der Waals surface area contributed by atoms with Crippen LogP contribution in [0.25, 0.3) is 0 Å². The first-order valence-electron chi connectivity index (χ1n) is 3.84. The molecule has 0 atom stereocenters. The van der Waals surface area contributed by atoms with Crippen molar-refractivity contribution in [2.45, 2.75) is 10.7 Å². The van der Waals surface area contributed by atoms with Gasteiger partial charge in [0.2, 0.25) is 0 Å². The second-order valence-electron chi connectivity index (χ2n) is 2.40. The van der Waals surface area contributed by atoms with Crippen molar-refractivity contribution in [3.63, 3.8) is 0 Å². The van der Waals surface area contributed by atoms with Gasteiger partial charge in [-0.3, -0.25) is 0 Å². The molecule has 0 aliphatic carbocycles. The molecule has 0 N–H and O–H groups in total. The normalized spacial score (nSPS) is 10.4. The number of hydrogen-bond acceptors (Lipinski definition) is 3. The molecule has 0 aliphatic heterocycles. The molecule has 2 nitrogen and oxygen atoms in total. The fourth-order valence-corrected chi connectivity index (χ4v) is 1.57. The second-order valence-corrected chi connectivity index (χ2v) is 3.43. The number of thioether (sulfide) groups is 1. The van der Waals surface area contributed by atoms with E-state index in [9.17, 15) is 8.78 Å². The molecule has 0 amide bonds. The maximum absolute atomic E-state index is 12.1. The Bertz CT molecular complexity index is 305. The molecule has 0 fully saturated rings. The van der Waals surface area contributed by atoms with E-state index in [1.807, 2.05) is 0 Å². The van der Waals surface area contributed by atoms with Gasteiger partial charge in [0.25, 0.3) is 5.76 Å². The third kappa shape index (κ3) is 2.77. The fourth-order valence-electron chi connectivity index (χ4n) is 0.968. The molecule has 0 unspecified atom stereocenters. The highest BCUT2D eigenvalue weighted by Crippen LogP contribution is 2.35. The summed E-state index contributed by atoms with van der Waals surface area (Å²) < 4.78 is 34.1. The smallest absolute Gasteiger partial charge is 0.289 e. The van der Waals surface area contributed by atoms with Gasteiger partial charge in [-0.05, 0) is 12.1 Å². The molecule has 0 aliphatic rings. The van der Waals surface area contributed by atoms with E-state index < -0.39 is 5.76 Å². The molecule has 1 rings (SSSR count). The van der Waals surface area contributed by atoms with Crippen molar-refractivity contribution in [2.24, 2.45) is 0 Å². The quantitative estimate of drug-likeness (QED) is 0.727. The van der Waals surface area contributed by atoms with E-state index in [1.54, 1.807) is 18.2 Å². The Balaban J connectivity index is 2.93. The summed E-state index contributed by atoms with van der Waals surface area (Å²) in [7, 11) is 2.94. The van der Waals surface area contributed by atoms with Crippen molar-refractivity contribution < 1.29 is 18.3 Å². The summed E-state index contributed by atoms with van der Waals surface area (Å²) in [6.45, 7) is 0. The molecule has 0 saturated heterocycles. The minimum absolute atomic E-state index is 0.398. The zero-order valence-electron chi connectivity index (χ0n) is 7.79. The molecule has 5 heteroatoms. The lowest BCUT2D eigenvalue weighted by Gasteiger charge is -2.08. The van der Waals surface area contributed by atoms with Gasteiger partial charge in [-0.25, -0.2) is 0 Å². The zero-order valence-corrected chi connectivity index (χ0v) is 8.61. The molecule has 78 valence electrons. The molecule has 0 spiro atoms. The van der Waals surface area contributed by atoms with Gasteiger partial charge in [-0.15, -0.1) is 0 Å². The summed E-state index contributed by atoms with van der Waals surface area (Å²) in [5.74, 6) is -1.47. The monoisotopic (exact) mass is 220 g/mol. The van der Waals surface area contributed by atoms with Crippen LogP contribution in [0.15, 0.2) is 23.1 Å². The molecule has 0 aromatic heterocycles. The number of rotatable bonds is 4. The average molecular weight is 220 g/mol. The van der Waals surface area contributed by atoms with Crippen LogP contribution in [-0.2, 0) is 0 Å². The second kappa shape index (κ2) is 5.05. The number of methoxy groups -OCH3 is 2. The summed E-state index contributed by atoms with van der Waals surface area (Å²) in [6, 6.07) is 4.74. The highest BCUT2D eigenvalue weighted by molar-refractivity contribution is 7.99. The van der Waals surface area contributed by atoms with Crippen LogP contribution in [-0.4, -0.2) is 20.0 Å². The average Bonchev–Trinajstić information content (AvgIpc) is 2.17. The van der Waals surface area contributed by atoms with Crippen molar-refractivity contribution in [1.82, 2.24) is 0 Å². The minimum atomic E-state index is -2.45. The van der Waals surface area contributed by atoms with Crippen molar-refractivity contribution in [1.29, 1.82) is 0 Å². The third-order valence-electron chi connectivity index (χ3n) is 1.59. The van der Waals surface area contributed by atoms with Gasteiger partial charge in [0.1, 0.15) is 11.5 Å². The van der Waals surface area contributed by atoms with E-state index in [4.69, 9.17) is 9.47 Å².